The Hall–Kier alpha value is -3.42. The molecule has 0 spiro atoms. The van der Waals surface area contributed by atoms with Crippen LogP contribution in [0.5, 0.6) is 0 Å². The summed E-state index contributed by atoms with van der Waals surface area (Å²) in [6.45, 7) is 0. The molecule has 0 aliphatic rings. The molecule has 0 unspecified atom stereocenters. The molecule has 3 rings (SSSR count). The van der Waals surface area contributed by atoms with E-state index in [2.05, 4.69) is 20.6 Å². The van der Waals surface area contributed by atoms with Crippen molar-refractivity contribution in [3.8, 4) is 0 Å². The normalized spacial score (nSPS) is 10.4. The highest BCUT2D eigenvalue weighted by atomic mass is 19.1. The van der Waals surface area contributed by atoms with Crippen LogP contribution >= 0.6 is 0 Å². The van der Waals surface area contributed by atoms with Crippen LogP contribution in [0.15, 0.2) is 54.9 Å². The summed E-state index contributed by atoms with van der Waals surface area (Å²) in [5.41, 5.74) is -0.322. The highest BCUT2D eigenvalue weighted by Gasteiger charge is 2.12. The van der Waals surface area contributed by atoms with Crippen molar-refractivity contribution in [2.24, 2.45) is 0 Å². The molecule has 0 aliphatic heterocycles. The second-order valence-electron chi connectivity index (χ2n) is 4.95. The first-order valence-corrected chi connectivity index (χ1v) is 7.13. The van der Waals surface area contributed by atoms with Crippen LogP contribution in [-0.4, -0.2) is 15.9 Å². The smallest absolute Gasteiger partial charge is 0.258 e. The lowest BCUT2D eigenvalue weighted by Gasteiger charge is -2.08. The molecule has 8 heteroatoms. The van der Waals surface area contributed by atoms with Crippen LogP contribution in [0.1, 0.15) is 10.4 Å². The number of hydrogen-bond donors (Lipinski definition) is 2. The van der Waals surface area contributed by atoms with Gasteiger partial charge in [-0.3, -0.25) is 4.79 Å². The summed E-state index contributed by atoms with van der Waals surface area (Å²) in [5.74, 6) is -2.89. The number of para-hydroxylation sites is 2. The first-order valence-electron chi connectivity index (χ1n) is 7.13. The zero-order valence-electron chi connectivity index (χ0n) is 12.6. The number of amides is 1. The number of anilines is 3. The highest BCUT2D eigenvalue weighted by molar-refractivity contribution is 6.03. The summed E-state index contributed by atoms with van der Waals surface area (Å²) in [5, 5.41) is 4.78. The van der Waals surface area contributed by atoms with Crippen molar-refractivity contribution in [3.63, 3.8) is 0 Å². The molecule has 2 N–H and O–H groups in total. The van der Waals surface area contributed by atoms with E-state index in [-0.39, 0.29) is 17.2 Å². The van der Waals surface area contributed by atoms with Crippen molar-refractivity contribution in [1.29, 1.82) is 0 Å². The number of nitrogens with zero attached hydrogens (tertiary/aromatic N) is 2. The van der Waals surface area contributed by atoms with E-state index in [0.29, 0.717) is 0 Å². The first-order chi connectivity index (χ1) is 12.0. The number of hydrogen-bond acceptors (Lipinski definition) is 4. The van der Waals surface area contributed by atoms with Crippen LogP contribution < -0.4 is 10.6 Å². The molecule has 1 amide bonds. The van der Waals surface area contributed by atoms with Crippen LogP contribution in [-0.2, 0) is 0 Å². The van der Waals surface area contributed by atoms with Gasteiger partial charge in [-0.15, -0.1) is 0 Å². The Labute approximate surface area is 140 Å². The fourth-order valence-electron chi connectivity index (χ4n) is 2.00. The van der Waals surface area contributed by atoms with Gasteiger partial charge in [0.2, 0.25) is 5.95 Å². The topological polar surface area (TPSA) is 66.9 Å². The molecule has 0 aliphatic carbocycles. The number of benzene rings is 2. The fourth-order valence-corrected chi connectivity index (χ4v) is 2.00. The minimum Gasteiger partial charge on any atom is -0.319 e. The van der Waals surface area contributed by atoms with E-state index in [1.54, 1.807) is 6.07 Å². The number of aromatic nitrogens is 2. The van der Waals surface area contributed by atoms with Gasteiger partial charge in [0.25, 0.3) is 5.91 Å². The average molecular weight is 344 g/mol. The van der Waals surface area contributed by atoms with Crippen molar-refractivity contribution in [1.82, 2.24) is 9.97 Å². The molecular weight excluding hydrogens is 333 g/mol. The molecule has 0 fully saturated rings. The van der Waals surface area contributed by atoms with Gasteiger partial charge in [0.05, 0.1) is 11.3 Å². The SMILES string of the molecule is O=C(Nc1ccccc1F)c1cnc(Nc2c(F)cccc2F)nc1. The van der Waals surface area contributed by atoms with Gasteiger partial charge in [0.15, 0.2) is 0 Å². The van der Waals surface area contributed by atoms with Crippen molar-refractivity contribution < 1.29 is 18.0 Å². The van der Waals surface area contributed by atoms with Gasteiger partial charge < -0.3 is 10.6 Å². The van der Waals surface area contributed by atoms with E-state index in [9.17, 15) is 18.0 Å². The third-order valence-corrected chi connectivity index (χ3v) is 3.24. The molecule has 0 bridgehead atoms. The third kappa shape index (κ3) is 3.74. The molecule has 126 valence electrons. The van der Waals surface area contributed by atoms with Gasteiger partial charge in [-0.05, 0) is 24.3 Å². The molecule has 1 heterocycles. The minimum atomic E-state index is -0.801. The lowest BCUT2D eigenvalue weighted by molar-refractivity contribution is 0.102. The Bertz CT molecular complexity index is 896. The lowest BCUT2D eigenvalue weighted by atomic mass is 10.2. The Morgan fingerprint density at radius 2 is 1.44 bits per heavy atom. The molecule has 3 aromatic rings. The third-order valence-electron chi connectivity index (χ3n) is 3.24. The van der Waals surface area contributed by atoms with Gasteiger partial charge in [0, 0.05) is 12.4 Å². The molecule has 1 aromatic heterocycles. The predicted octanol–water partition coefficient (Wildman–Crippen LogP) is 3.89. The van der Waals surface area contributed by atoms with Crippen molar-refractivity contribution in [2.75, 3.05) is 10.6 Å². The molecule has 2 aromatic carbocycles. The van der Waals surface area contributed by atoms with Gasteiger partial charge >= 0.3 is 0 Å². The van der Waals surface area contributed by atoms with Crippen molar-refractivity contribution >= 4 is 23.2 Å². The number of carbonyl (C=O) groups is 1. The molecule has 0 saturated carbocycles. The van der Waals surface area contributed by atoms with Crippen molar-refractivity contribution in [3.05, 3.63) is 77.9 Å². The fraction of sp³-hybridized carbons (Fsp3) is 0. The maximum absolute atomic E-state index is 13.6. The average Bonchev–Trinajstić information content (AvgIpc) is 2.61. The largest absolute Gasteiger partial charge is 0.319 e. The molecule has 0 radical (unpaired) electrons. The van der Waals surface area contributed by atoms with Crippen LogP contribution in [0, 0.1) is 17.5 Å². The zero-order valence-corrected chi connectivity index (χ0v) is 12.6. The number of rotatable bonds is 4. The van der Waals surface area contributed by atoms with Crippen LogP contribution in [0.2, 0.25) is 0 Å². The standard InChI is InChI=1S/C17H11F3N4O/c18-11-4-1-2-7-14(11)23-16(25)10-8-21-17(22-9-10)24-15-12(19)5-3-6-13(15)20/h1-9H,(H,23,25)(H,21,22,24). The number of halogens is 3. The summed E-state index contributed by atoms with van der Waals surface area (Å²) in [6.07, 6.45) is 2.31. The van der Waals surface area contributed by atoms with Gasteiger partial charge in [-0.1, -0.05) is 18.2 Å². The van der Waals surface area contributed by atoms with Crippen LogP contribution in [0.4, 0.5) is 30.5 Å². The van der Waals surface area contributed by atoms with Crippen LogP contribution in [0.25, 0.3) is 0 Å². The van der Waals surface area contributed by atoms with E-state index >= 15 is 0 Å². The van der Waals surface area contributed by atoms with E-state index in [1.807, 2.05) is 0 Å². The maximum Gasteiger partial charge on any atom is 0.258 e. The molecule has 0 saturated heterocycles. The monoisotopic (exact) mass is 344 g/mol. The van der Waals surface area contributed by atoms with Gasteiger partial charge in [0.1, 0.15) is 23.1 Å². The number of carbonyl (C=O) groups excluding carboxylic acids is 1. The number of nitrogens with one attached hydrogen (secondary N) is 2. The first kappa shape index (κ1) is 16.4. The Balaban J connectivity index is 1.74. The summed E-state index contributed by atoms with van der Waals surface area (Å²) >= 11 is 0. The maximum atomic E-state index is 13.6. The summed E-state index contributed by atoms with van der Waals surface area (Å²) in [7, 11) is 0. The second-order valence-corrected chi connectivity index (χ2v) is 4.95. The summed E-state index contributed by atoms with van der Waals surface area (Å²) in [6, 6.07) is 9.09. The molecule has 25 heavy (non-hydrogen) atoms. The molecular formula is C17H11F3N4O. The quantitative estimate of drug-likeness (QED) is 0.753. The summed E-state index contributed by atoms with van der Waals surface area (Å²) < 4.78 is 40.7. The Kier molecular flexibility index (Phi) is 4.60. The molecule has 5 nitrogen and oxygen atoms in total. The summed E-state index contributed by atoms with van der Waals surface area (Å²) in [4.78, 5) is 19.7. The van der Waals surface area contributed by atoms with Gasteiger partial charge in [-0.25, -0.2) is 23.1 Å². The Morgan fingerprint density at radius 3 is 2.08 bits per heavy atom. The minimum absolute atomic E-state index is 0.0168. The van der Waals surface area contributed by atoms with Crippen molar-refractivity contribution in [2.45, 2.75) is 0 Å². The lowest BCUT2D eigenvalue weighted by Crippen LogP contribution is -2.14. The molecule has 0 atom stereocenters. The van der Waals surface area contributed by atoms with Crippen LogP contribution in [0.3, 0.4) is 0 Å². The van der Waals surface area contributed by atoms with E-state index in [1.165, 1.54) is 24.3 Å². The Morgan fingerprint density at radius 1 is 0.840 bits per heavy atom. The van der Waals surface area contributed by atoms with E-state index in [4.69, 9.17) is 0 Å². The zero-order chi connectivity index (χ0) is 17.8. The van der Waals surface area contributed by atoms with E-state index in [0.717, 1.165) is 24.5 Å². The van der Waals surface area contributed by atoms with Gasteiger partial charge in [-0.2, -0.15) is 0 Å². The second kappa shape index (κ2) is 7.00. The predicted molar refractivity (Wildman–Crippen MR) is 86.0 cm³/mol. The van der Waals surface area contributed by atoms with E-state index < -0.39 is 29.0 Å². The highest BCUT2D eigenvalue weighted by Crippen LogP contribution is 2.21.